The molecule has 0 spiro atoms. The Morgan fingerprint density at radius 2 is 2.04 bits per heavy atom. The molecule has 1 atom stereocenters. The Kier molecular flexibility index (Phi) is 5.74. The van der Waals surface area contributed by atoms with Crippen LogP contribution >= 0.6 is 11.3 Å². The topological polar surface area (TPSA) is 102 Å². The van der Waals surface area contributed by atoms with Crippen LogP contribution in [0.25, 0.3) is 11.3 Å². The van der Waals surface area contributed by atoms with E-state index in [0.717, 1.165) is 30.4 Å². The second-order valence-electron chi connectivity index (χ2n) is 6.74. The number of benzene rings is 1. The molecule has 1 aromatic heterocycles. The van der Waals surface area contributed by atoms with Gasteiger partial charge in [0.2, 0.25) is 5.91 Å². The molecule has 1 heterocycles. The lowest BCUT2D eigenvalue weighted by Gasteiger charge is -2.16. The van der Waals surface area contributed by atoms with Gasteiger partial charge >= 0.3 is 0 Å². The lowest BCUT2D eigenvalue weighted by Crippen LogP contribution is -2.37. The number of hydrogen-bond acceptors (Lipinski definition) is 6. The summed E-state index contributed by atoms with van der Waals surface area (Å²) in [6.07, 6.45) is 5.93. The number of thiazole rings is 1. The number of hydrogen-bond donors (Lipinski definition) is 2. The minimum Gasteiger partial charge on any atom is -0.320 e. The smallest absolute Gasteiger partial charge is 0.243 e. The van der Waals surface area contributed by atoms with E-state index < -0.39 is 21.8 Å². The third-order valence-electron chi connectivity index (χ3n) is 4.51. The Bertz CT molecular complexity index is 906. The molecule has 1 aliphatic rings. The van der Waals surface area contributed by atoms with Gasteiger partial charge in [0, 0.05) is 17.2 Å². The van der Waals surface area contributed by atoms with E-state index in [-0.39, 0.29) is 12.2 Å². The first-order chi connectivity index (χ1) is 12.3. The summed E-state index contributed by atoms with van der Waals surface area (Å²) < 4.78 is 22.4. The summed E-state index contributed by atoms with van der Waals surface area (Å²) in [5.41, 5.74) is 10.4. The largest absolute Gasteiger partial charge is 0.320 e. The van der Waals surface area contributed by atoms with Gasteiger partial charge in [-0.1, -0.05) is 12.1 Å². The lowest BCUT2D eigenvalue weighted by atomic mass is 9.90. The molecule has 3 rings (SSSR count). The molecule has 0 radical (unpaired) electrons. The van der Waals surface area contributed by atoms with E-state index in [2.05, 4.69) is 28.5 Å². The number of amides is 1. The second-order valence-corrected chi connectivity index (χ2v) is 9.86. The van der Waals surface area contributed by atoms with Crippen molar-refractivity contribution < 1.29 is 13.2 Å². The first-order valence-electron chi connectivity index (χ1n) is 8.64. The SMILES string of the molecule is CS(=O)(=O)CCC(N)C(=O)Nc1nc(-c2ccc3c(c2)CCCC3)cs1. The average molecular weight is 394 g/mol. The van der Waals surface area contributed by atoms with Crippen molar-refractivity contribution in [3.8, 4) is 11.3 Å². The Labute approximate surface area is 157 Å². The van der Waals surface area contributed by atoms with Crippen molar-refractivity contribution in [2.45, 2.75) is 38.1 Å². The maximum Gasteiger partial charge on any atom is 0.243 e. The highest BCUT2D eigenvalue weighted by Crippen LogP contribution is 2.29. The van der Waals surface area contributed by atoms with E-state index in [9.17, 15) is 13.2 Å². The zero-order valence-electron chi connectivity index (χ0n) is 14.7. The highest BCUT2D eigenvalue weighted by molar-refractivity contribution is 7.90. The standard InChI is InChI=1S/C18H23N3O3S2/c1-26(23,24)9-8-15(19)17(22)21-18-20-16(11-25-18)14-7-6-12-4-2-3-5-13(12)10-14/h6-7,10-11,15H,2-5,8-9,19H2,1H3,(H,20,21,22). The van der Waals surface area contributed by atoms with E-state index in [4.69, 9.17) is 5.73 Å². The predicted octanol–water partition coefficient (Wildman–Crippen LogP) is 2.39. The number of aryl methyl sites for hydroxylation is 2. The molecule has 1 aliphatic carbocycles. The third kappa shape index (κ3) is 4.90. The van der Waals surface area contributed by atoms with Gasteiger partial charge in [-0.15, -0.1) is 11.3 Å². The molecule has 140 valence electrons. The molecule has 0 bridgehead atoms. The predicted molar refractivity (Wildman–Crippen MR) is 105 cm³/mol. The van der Waals surface area contributed by atoms with E-state index in [0.29, 0.717) is 5.13 Å². The van der Waals surface area contributed by atoms with Gasteiger partial charge in [0.05, 0.1) is 17.5 Å². The molecule has 0 aliphatic heterocycles. The van der Waals surface area contributed by atoms with Crippen molar-refractivity contribution in [3.63, 3.8) is 0 Å². The Balaban J connectivity index is 1.65. The molecule has 26 heavy (non-hydrogen) atoms. The second kappa shape index (κ2) is 7.85. The Hall–Kier alpha value is -1.77. The fraction of sp³-hybridized carbons (Fsp3) is 0.444. The minimum absolute atomic E-state index is 0.0910. The van der Waals surface area contributed by atoms with Gasteiger partial charge < -0.3 is 11.1 Å². The van der Waals surface area contributed by atoms with Crippen LogP contribution < -0.4 is 11.1 Å². The van der Waals surface area contributed by atoms with Gasteiger partial charge in [-0.05, 0) is 49.3 Å². The zero-order valence-corrected chi connectivity index (χ0v) is 16.3. The number of nitrogens with zero attached hydrogens (tertiary/aromatic N) is 1. The summed E-state index contributed by atoms with van der Waals surface area (Å²) in [6, 6.07) is 5.55. The summed E-state index contributed by atoms with van der Waals surface area (Å²) in [7, 11) is -3.14. The number of sulfone groups is 1. The van der Waals surface area contributed by atoms with Crippen molar-refractivity contribution >= 4 is 32.2 Å². The molecule has 0 saturated heterocycles. The van der Waals surface area contributed by atoms with Crippen LogP contribution in [0.2, 0.25) is 0 Å². The van der Waals surface area contributed by atoms with E-state index in [1.54, 1.807) is 0 Å². The maximum absolute atomic E-state index is 12.1. The molecule has 0 fully saturated rings. The zero-order chi connectivity index (χ0) is 18.7. The van der Waals surface area contributed by atoms with Gasteiger partial charge in [-0.2, -0.15) is 0 Å². The number of anilines is 1. The number of rotatable bonds is 6. The summed E-state index contributed by atoms with van der Waals surface area (Å²) in [5, 5.41) is 5.05. The van der Waals surface area contributed by atoms with Crippen molar-refractivity contribution in [2.24, 2.45) is 5.73 Å². The number of fused-ring (bicyclic) bond motifs is 1. The van der Waals surface area contributed by atoms with Crippen LogP contribution in [-0.2, 0) is 27.5 Å². The van der Waals surface area contributed by atoms with E-state index in [1.165, 1.54) is 35.3 Å². The Morgan fingerprint density at radius 1 is 1.31 bits per heavy atom. The van der Waals surface area contributed by atoms with Crippen LogP contribution in [0.3, 0.4) is 0 Å². The molecule has 2 aromatic rings. The summed E-state index contributed by atoms with van der Waals surface area (Å²) in [5.74, 6) is -0.528. The molecule has 1 aromatic carbocycles. The van der Waals surface area contributed by atoms with Crippen molar-refractivity contribution in [2.75, 3.05) is 17.3 Å². The van der Waals surface area contributed by atoms with Gasteiger partial charge in [-0.25, -0.2) is 13.4 Å². The van der Waals surface area contributed by atoms with Crippen molar-refractivity contribution in [1.82, 2.24) is 4.98 Å². The van der Waals surface area contributed by atoms with Crippen molar-refractivity contribution in [1.29, 1.82) is 0 Å². The fourth-order valence-corrected chi connectivity index (χ4v) is 4.43. The number of carbonyl (C=O) groups excluding carboxylic acids is 1. The first-order valence-corrected chi connectivity index (χ1v) is 11.6. The molecule has 3 N–H and O–H groups in total. The van der Waals surface area contributed by atoms with Crippen LogP contribution in [0.5, 0.6) is 0 Å². The van der Waals surface area contributed by atoms with Crippen LogP contribution in [0.1, 0.15) is 30.4 Å². The number of nitrogens with two attached hydrogens (primary N) is 1. The fourth-order valence-electron chi connectivity index (χ4n) is 3.03. The van der Waals surface area contributed by atoms with Crippen LogP contribution in [0.4, 0.5) is 5.13 Å². The quantitative estimate of drug-likeness (QED) is 0.784. The number of nitrogens with one attached hydrogen (secondary N) is 1. The van der Waals surface area contributed by atoms with Gasteiger partial charge in [0.25, 0.3) is 0 Å². The minimum atomic E-state index is -3.14. The molecule has 0 saturated carbocycles. The summed E-state index contributed by atoms with van der Waals surface area (Å²) in [6.45, 7) is 0. The van der Waals surface area contributed by atoms with Gasteiger partial charge in [0.1, 0.15) is 9.84 Å². The first kappa shape index (κ1) is 19.0. The highest BCUT2D eigenvalue weighted by Gasteiger charge is 2.18. The number of aromatic nitrogens is 1. The monoisotopic (exact) mass is 393 g/mol. The Morgan fingerprint density at radius 3 is 2.77 bits per heavy atom. The highest BCUT2D eigenvalue weighted by atomic mass is 32.2. The van der Waals surface area contributed by atoms with Crippen LogP contribution in [-0.4, -0.2) is 37.4 Å². The van der Waals surface area contributed by atoms with E-state index in [1.807, 2.05) is 5.38 Å². The third-order valence-corrected chi connectivity index (χ3v) is 6.25. The number of carbonyl (C=O) groups is 1. The molecule has 1 amide bonds. The molecule has 6 nitrogen and oxygen atoms in total. The summed E-state index contributed by atoms with van der Waals surface area (Å²) in [4.78, 5) is 16.6. The van der Waals surface area contributed by atoms with Crippen LogP contribution in [0, 0.1) is 0 Å². The van der Waals surface area contributed by atoms with E-state index >= 15 is 0 Å². The van der Waals surface area contributed by atoms with Gasteiger partial charge in [-0.3, -0.25) is 4.79 Å². The van der Waals surface area contributed by atoms with Gasteiger partial charge in [0.15, 0.2) is 5.13 Å². The molecular weight excluding hydrogens is 370 g/mol. The average Bonchev–Trinajstić information content (AvgIpc) is 3.07. The summed E-state index contributed by atoms with van der Waals surface area (Å²) >= 11 is 1.33. The molecule has 8 heteroatoms. The molecular formula is C18H23N3O3S2. The molecule has 1 unspecified atom stereocenters. The lowest BCUT2D eigenvalue weighted by molar-refractivity contribution is -0.117. The van der Waals surface area contributed by atoms with Crippen molar-refractivity contribution in [3.05, 3.63) is 34.7 Å². The normalized spacial score (nSPS) is 15.3. The maximum atomic E-state index is 12.1. The van der Waals surface area contributed by atoms with Crippen LogP contribution in [0.15, 0.2) is 23.6 Å².